The van der Waals surface area contributed by atoms with E-state index >= 15 is 0 Å². The molecule has 0 aromatic carbocycles. The zero-order valence-corrected chi connectivity index (χ0v) is 13.4. The lowest BCUT2D eigenvalue weighted by Crippen LogP contribution is -2.53. The number of hydrogen-bond donors (Lipinski definition) is 2. The van der Waals surface area contributed by atoms with Gasteiger partial charge in [-0.3, -0.25) is 0 Å². The minimum atomic E-state index is -0.813. The third-order valence-electron chi connectivity index (χ3n) is 3.63. The standard InChI is InChI=1S/C15H28O6/c1-13(2,16)5-11-18-7-15(8-19-11)9-20-12(21-10-15)6-14(3,4)17/h11-12,16-17H,5-10H2,1-4H3. The van der Waals surface area contributed by atoms with E-state index in [4.69, 9.17) is 18.9 Å². The van der Waals surface area contributed by atoms with Gasteiger partial charge in [0, 0.05) is 12.8 Å². The molecule has 0 radical (unpaired) electrons. The van der Waals surface area contributed by atoms with Crippen molar-refractivity contribution in [1.29, 1.82) is 0 Å². The summed E-state index contributed by atoms with van der Waals surface area (Å²) in [7, 11) is 0. The third-order valence-corrected chi connectivity index (χ3v) is 3.63. The van der Waals surface area contributed by atoms with Gasteiger partial charge in [-0.05, 0) is 27.7 Å². The summed E-state index contributed by atoms with van der Waals surface area (Å²) in [6.45, 7) is 8.89. The van der Waals surface area contributed by atoms with E-state index < -0.39 is 11.2 Å². The molecule has 2 saturated heterocycles. The smallest absolute Gasteiger partial charge is 0.160 e. The first-order valence-electron chi connectivity index (χ1n) is 7.48. The van der Waals surface area contributed by atoms with Gasteiger partial charge in [-0.2, -0.15) is 0 Å². The van der Waals surface area contributed by atoms with Gasteiger partial charge in [-0.25, -0.2) is 0 Å². The molecule has 2 aliphatic heterocycles. The first kappa shape index (κ1) is 17.1. The van der Waals surface area contributed by atoms with Crippen LogP contribution in [0.2, 0.25) is 0 Å². The molecule has 6 heteroatoms. The summed E-state index contributed by atoms with van der Waals surface area (Å²) >= 11 is 0. The van der Waals surface area contributed by atoms with Crippen LogP contribution < -0.4 is 0 Å². The Balaban J connectivity index is 1.78. The number of ether oxygens (including phenoxy) is 4. The maximum Gasteiger partial charge on any atom is 0.160 e. The van der Waals surface area contributed by atoms with Gasteiger partial charge in [-0.15, -0.1) is 0 Å². The fraction of sp³-hybridized carbons (Fsp3) is 1.00. The number of aliphatic hydroxyl groups is 2. The molecule has 0 bridgehead atoms. The molecule has 0 unspecified atom stereocenters. The van der Waals surface area contributed by atoms with Gasteiger partial charge in [0.2, 0.25) is 0 Å². The van der Waals surface area contributed by atoms with Crippen LogP contribution in [0.25, 0.3) is 0 Å². The molecule has 0 aliphatic carbocycles. The molecule has 2 aliphatic rings. The Morgan fingerprint density at radius 1 is 0.762 bits per heavy atom. The molecule has 0 amide bonds. The molecule has 21 heavy (non-hydrogen) atoms. The Kier molecular flexibility index (Phi) is 4.97. The topological polar surface area (TPSA) is 77.4 Å². The van der Waals surface area contributed by atoms with Crippen LogP contribution in [-0.4, -0.2) is 60.4 Å². The lowest BCUT2D eigenvalue weighted by Gasteiger charge is -2.45. The summed E-state index contributed by atoms with van der Waals surface area (Å²) in [6, 6.07) is 0. The number of rotatable bonds is 4. The summed E-state index contributed by atoms with van der Waals surface area (Å²) in [6.07, 6.45) is 0.104. The van der Waals surface area contributed by atoms with Gasteiger partial charge >= 0.3 is 0 Å². The molecular weight excluding hydrogens is 276 g/mol. The summed E-state index contributed by atoms with van der Waals surface area (Å²) < 4.78 is 22.8. The molecule has 2 rings (SSSR count). The van der Waals surface area contributed by atoms with Crippen molar-refractivity contribution in [3.8, 4) is 0 Å². The Hall–Kier alpha value is -0.240. The molecule has 0 aromatic heterocycles. The molecule has 2 heterocycles. The van der Waals surface area contributed by atoms with Crippen molar-refractivity contribution in [2.45, 2.75) is 64.3 Å². The van der Waals surface area contributed by atoms with Gasteiger partial charge in [-0.1, -0.05) is 0 Å². The summed E-state index contributed by atoms with van der Waals surface area (Å²) in [4.78, 5) is 0. The van der Waals surface area contributed by atoms with E-state index in [1.54, 1.807) is 27.7 Å². The van der Waals surface area contributed by atoms with Crippen LogP contribution in [0.15, 0.2) is 0 Å². The molecule has 124 valence electrons. The SMILES string of the molecule is CC(C)(O)CC1OCC2(CO1)COC(CC(C)(C)O)OC2. The highest BCUT2D eigenvalue weighted by Gasteiger charge is 2.43. The summed E-state index contributed by atoms with van der Waals surface area (Å²) in [5.74, 6) is 0. The van der Waals surface area contributed by atoms with E-state index in [1.165, 1.54) is 0 Å². The second-order valence-corrected chi connectivity index (χ2v) is 7.64. The second kappa shape index (κ2) is 6.10. The van der Waals surface area contributed by atoms with Crippen molar-refractivity contribution in [3.05, 3.63) is 0 Å². The van der Waals surface area contributed by atoms with Crippen LogP contribution in [-0.2, 0) is 18.9 Å². The van der Waals surface area contributed by atoms with Gasteiger partial charge in [0.15, 0.2) is 12.6 Å². The van der Waals surface area contributed by atoms with Crippen molar-refractivity contribution in [2.24, 2.45) is 5.41 Å². The molecule has 0 saturated carbocycles. The highest BCUT2D eigenvalue weighted by atomic mass is 16.7. The Morgan fingerprint density at radius 2 is 1.05 bits per heavy atom. The van der Waals surface area contributed by atoms with E-state index in [0.717, 1.165) is 0 Å². The van der Waals surface area contributed by atoms with E-state index in [9.17, 15) is 10.2 Å². The van der Waals surface area contributed by atoms with Crippen LogP contribution in [0.4, 0.5) is 0 Å². The number of hydrogen-bond acceptors (Lipinski definition) is 6. The second-order valence-electron chi connectivity index (χ2n) is 7.64. The molecular formula is C15H28O6. The van der Waals surface area contributed by atoms with E-state index in [0.29, 0.717) is 39.3 Å². The fourth-order valence-electron chi connectivity index (χ4n) is 2.48. The zero-order chi connectivity index (χ0) is 15.7. The highest BCUT2D eigenvalue weighted by molar-refractivity contribution is 4.86. The van der Waals surface area contributed by atoms with Gasteiger partial charge in [0.05, 0.1) is 43.0 Å². The van der Waals surface area contributed by atoms with Crippen molar-refractivity contribution < 1.29 is 29.2 Å². The van der Waals surface area contributed by atoms with E-state index in [2.05, 4.69) is 0 Å². The lowest BCUT2D eigenvalue weighted by molar-refractivity contribution is -0.312. The average molecular weight is 304 g/mol. The molecule has 1 spiro atoms. The minimum Gasteiger partial charge on any atom is -0.390 e. The first-order chi connectivity index (χ1) is 9.57. The average Bonchev–Trinajstić information content (AvgIpc) is 2.32. The molecule has 6 nitrogen and oxygen atoms in total. The summed E-state index contributed by atoms with van der Waals surface area (Å²) in [5, 5.41) is 19.6. The van der Waals surface area contributed by atoms with Crippen LogP contribution in [0.1, 0.15) is 40.5 Å². The maximum absolute atomic E-state index is 9.78. The molecule has 0 atom stereocenters. The van der Waals surface area contributed by atoms with Crippen LogP contribution >= 0.6 is 0 Å². The Bertz CT molecular complexity index is 290. The third kappa shape index (κ3) is 5.47. The van der Waals surface area contributed by atoms with Gasteiger partial charge < -0.3 is 29.2 Å². The first-order valence-corrected chi connectivity index (χ1v) is 7.48. The largest absolute Gasteiger partial charge is 0.390 e. The zero-order valence-electron chi connectivity index (χ0n) is 13.4. The predicted octanol–water partition coefficient (Wildman–Crippen LogP) is 1.04. The van der Waals surface area contributed by atoms with Crippen molar-refractivity contribution >= 4 is 0 Å². The van der Waals surface area contributed by atoms with Crippen LogP contribution in [0.5, 0.6) is 0 Å². The summed E-state index contributed by atoms with van der Waals surface area (Å²) in [5.41, 5.74) is -1.91. The van der Waals surface area contributed by atoms with Crippen molar-refractivity contribution in [2.75, 3.05) is 26.4 Å². The minimum absolute atomic E-state index is 0.286. The molecule has 2 fully saturated rings. The predicted molar refractivity (Wildman–Crippen MR) is 75.6 cm³/mol. The maximum atomic E-state index is 9.78. The van der Waals surface area contributed by atoms with E-state index in [-0.39, 0.29) is 18.0 Å². The van der Waals surface area contributed by atoms with Gasteiger partial charge in [0.1, 0.15) is 0 Å². The molecule has 2 N–H and O–H groups in total. The fourth-order valence-corrected chi connectivity index (χ4v) is 2.48. The highest BCUT2D eigenvalue weighted by Crippen LogP contribution is 2.33. The van der Waals surface area contributed by atoms with Gasteiger partial charge in [0.25, 0.3) is 0 Å². The van der Waals surface area contributed by atoms with Crippen molar-refractivity contribution in [3.63, 3.8) is 0 Å². The van der Waals surface area contributed by atoms with Crippen LogP contribution in [0.3, 0.4) is 0 Å². The quantitative estimate of drug-likeness (QED) is 0.808. The molecule has 0 aromatic rings. The lowest BCUT2D eigenvalue weighted by atomic mass is 9.90. The Morgan fingerprint density at radius 3 is 1.29 bits per heavy atom. The van der Waals surface area contributed by atoms with E-state index in [1.807, 2.05) is 0 Å². The van der Waals surface area contributed by atoms with Crippen LogP contribution in [0, 0.1) is 5.41 Å². The Labute approximate surface area is 126 Å². The van der Waals surface area contributed by atoms with Crippen molar-refractivity contribution in [1.82, 2.24) is 0 Å². The normalized spacial score (nSPS) is 35.1. The monoisotopic (exact) mass is 304 g/mol.